The van der Waals surface area contributed by atoms with Crippen LogP contribution in [0.1, 0.15) is 26.2 Å². The van der Waals surface area contributed by atoms with Crippen molar-refractivity contribution >= 4 is 6.98 Å². The number of rotatable bonds is 3. The zero-order chi connectivity index (χ0) is 13.3. The molecule has 0 bridgehead atoms. The molecule has 0 aromatic rings. The van der Waals surface area contributed by atoms with Gasteiger partial charge < -0.3 is 12.9 Å². The van der Waals surface area contributed by atoms with E-state index < -0.39 is 12.4 Å². The summed E-state index contributed by atoms with van der Waals surface area (Å²) in [6.45, 7) is 3.06. The number of halogens is 3. The molecule has 7 heteroatoms. The van der Waals surface area contributed by atoms with Gasteiger partial charge in [0, 0.05) is 25.2 Å². The number of piperazine rings is 1. The Hall–Kier alpha value is 1.15. The van der Waals surface area contributed by atoms with Crippen LogP contribution >= 0.6 is 0 Å². The minimum atomic E-state index is -4.89. The van der Waals surface area contributed by atoms with Gasteiger partial charge in [-0.2, -0.15) is 0 Å². The van der Waals surface area contributed by atoms with Crippen molar-refractivity contribution in [2.75, 3.05) is 26.2 Å². The Bertz CT molecular complexity index is 325. The molecule has 0 aromatic heterocycles. The molecule has 0 spiro atoms. The van der Waals surface area contributed by atoms with Gasteiger partial charge in [0.15, 0.2) is 0 Å². The normalized spacial score (nSPS) is 29.5. The van der Waals surface area contributed by atoms with Crippen molar-refractivity contribution in [3.63, 3.8) is 0 Å². The minimum absolute atomic E-state index is 0. The van der Waals surface area contributed by atoms with Crippen LogP contribution in [0, 0.1) is 0 Å². The molecule has 2 rings (SSSR count). The smallest absolute Gasteiger partial charge is 0.445 e. The predicted molar refractivity (Wildman–Crippen MR) is 68.5 cm³/mol. The summed E-state index contributed by atoms with van der Waals surface area (Å²) < 4.78 is 37.8. The Labute approximate surface area is 156 Å². The summed E-state index contributed by atoms with van der Waals surface area (Å²) >= 11 is 0. The molecular weight excluding hydrogens is 279 g/mol. The number of fused-ring (bicyclic) bond motifs is 1. The summed E-state index contributed by atoms with van der Waals surface area (Å²) in [6, 6.07) is 0.637. The second kappa shape index (κ2) is 7.43. The van der Waals surface area contributed by atoms with E-state index in [4.69, 9.17) is 0 Å². The van der Waals surface area contributed by atoms with Gasteiger partial charge in [0.05, 0.1) is 0 Å². The number of nitrogens with zero attached hydrogens (tertiary/aromatic N) is 2. The number of hydrogen-bond acceptors (Lipinski definition) is 2. The molecule has 2 nitrogen and oxygen atoms in total. The second-order valence-corrected chi connectivity index (χ2v) is 5.66. The van der Waals surface area contributed by atoms with Crippen LogP contribution in [0.5, 0.6) is 0 Å². The van der Waals surface area contributed by atoms with Crippen LogP contribution in [0.25, 0.3) is 0 Å². The Morgan fingerprint density at radius 1 is 1.26 bits per heavy atom. The van der Waals surface area contributed by atoms with E-state index in [-0.39, 0.29) is 64.0 Å². The van der Waals surface area contributed by atoms with Crippen molar-refractivity contribution in [3.8, 4) is 0 Å². The third-order valence-electron chi connectivity index (χ3n) is 4.19. The Morgan fingerprint density at radius 2 is 1.95 bits per heavy atom. The van der Waals surface area contributed by atoms with Crippen molar-refractivity contribution in [1.82, 2.24) is 9.80 Å². The maximum atomic E-state index is 12.6. The number of hydrogen-bond donors (Lipinski definition) is 0. The fourth-order valence-corrected chi connectivity index (χ4v) is 3.00. The molecule has 0 amide bonds. The van der Waals surface area contributed by atoms with Crippen molar-refractivity contribution < 1.29 is 64.3 Å². The van der Waals surface area contributed by atoms with Crippen molar-refractivity contribution in [2.24, 2.45) is 0 Å². The summed E-state index contributed by atoms with van der Waals surface area (Å²) in [5, 5.41) is 0. The van der Waals surface area contributed by atoms with Gasteiger partial charge in [0.1, 0.15) is 0 Å². The quantitative estimate of drug-likeness (QED) is 0.648. The summed E-state index contributed by atoms with van der Waals surface area (Å²) in [5.74, 6) is 0. The largest absolute Gasteiger partial charge is 1.00 e. The van der Waals surface area contributed by atoms with Crippen molar-refractivity contribution in [1.29, 1.82) is 0 Å². The van der Waals surface area contributed by atoms with E-state index in [2.05, 4.69) is 11.5 Å². The predicted octanol–water partition coefficient (Wildman–Crippen LogP) is -0.508. The molecule has 0 radical (unpaired) electrons. The van der Waals surface area contributed by atoms with E-state index in [1.165, 1.54) is 12.8 Å². The van der Waals surface area contributed by atoms with E-state index in [9.17, 15) is 12.9 Å². The standard InChI is InChI=1S/C12H21BF3N2.K/c1-10(13(14,15)16)7-18-9-12-5-3-4-6-17(12)8-11(18)2;/h11-12H,1,3-9H2,2H3;/q-1;+1. The fourth-order valence-electron chi connectivity index (χ4n) is 3.00. The Balaban J connectivity index is 0.00000180. The van der Waals surface area contributed by atoms with Gasteiger partial charge in [-0.25, -0.2) is 0 Å². The van der Waals surface area contributed by atoms with Crippen LogP contribution in [0.3, 0.4) is 0 Å². The average Bonchev–Trinajstić information content (AvgIpc) is 2.28. The minimum Gasteiger partial charge on any atom is -0.445 e. The summed E-state index contributed by atoms with van der Waals surface area (Å²) in [5.41, 5.74) is -0.564. The average molecular weight is 300 g/mol. The topological polar surface area (TPSA) is 6.48 Å². The van der Waals surface area contributed by atoms with Crippen molar-refractivity contribution in [3.05, 3.63) is 12.1 Å². The van der Waals surface area contributed by atoms with Crippen LogP contribution < -0.4 is 51.4 Å². The first-order valence-electron chi connectivity index (χ1n) is 6.73. The summed E-state index contributed by atoms with van der Waals surface area (Å²) in [4.78, 5) is 4.39. The molecule has 0 aliphatic carbocycles. The third-order valence-corrected chi connectivity index (χ3v) is 4.19. The zero-order valence-corrected chi connectivity index (χ0v) is 15.0. The van der Waals surface area contributed by atoms with Gasteiger partial charge in [-0.3, -0.25) is 9.80 Å². The van der Waals surface area contributed by atoms with Crippen LogP contribution in [0.2, 0.25) is 0 Å². The number of piperidine rings is 1. The van der Waals surface area contributed by atoms with Crippen LogP contribution in [-0.4, -0.2) is 55.0 Å². The van der Waals surface area contributed by atoms with Gasteiger partial charge in [0.2, 0.25) is 0 Å². The first-order valence-corrected chi connectivity index (χ1v) is 6.73. The van der Waals surface area contributed by atoms with E-state index in [0.29, 0.717) is 6.04 Å². The summed E-state index contributed by atoms with van der Waals surface area (Å²) in [6.07, 6.45) is 3.54. The molecule has 0 aromatic carbocycles. The first kappa shape index (κ1) is 18.2. The van der Waals surface area contributed by atoms with Gasteiger partial charge in [-0.05, 0) is 32.9 Å². The summed E-state index contributed by atoms with van der Waals surface area (Å²) in [7, 11) is 0. The van der Waals surface area contributed by atoms with E-state index in [0.717, 1.165) is 26.1 Å². The van der Waals surface area contributed by atoms with E-state index in [1.54, 1.807) is 0 Å². The molecule has 2 fully saturated rings. The molecule has 2 atom stereocenters. The van der Waals surface area contributed by atoms with E-state index >= 15 is 0 Å². The van der Waals surface area contributed by atoms with Gasteiger partial charge in [0.25, 0.3) is 0 Å². The monoisotopic (exact) mass is 300 g/mol. The fraction of sp³-hybridized carbons (Fsp3) is 0.833. The van der Waals surface area contributed by atoms with Gasteiger partial charge in [-0.1, -0.05) is 6.42 Å². The Kier molecular flexibility index (Phi) is 7.11. The molecule has 0 saturated carbocycles. The van der Waals surface area contributed by atoms with Gasteiger partial charge in [-0.15, -0.1) is 12.1 Å². The Morgan fingerprint density at radius 3 is 2.58 bits per heavy atom. The molecule has 2 aliphatic rings. The molecule has 2 heterocycles. The van der Waals surface area contributed by atoms with Crippen LogP contribution in [-0.2, 0) is 0 Å². The molecule has 2 saturated heterocycles. The first-order chi connectivity index (χ1) is 8.38. The second-order valence-electron chi connectivity index (χ2n) is 5.66. The molecule has 19 heavy (non-hydrogen) atoms. The van der Waals surface area contributed by atoms with Crippen LogP contribution in [0.15, 0.2) is 12.1 Å². The molecular formula is C12H21BF3KN2. The van der Waals surface area contributed by atoms with Crippen LogP contribution in [0.4, 0.5) is 12.9 Å². The van der Waals surface area contributed by atoms with E-state index in [1.807, 2.05) is 11.8 Å². The molecule has 0 N–H and O–H groups in total. The third kappa shape index (κ3) is 4.83. The SMILES string of the molecule is C=C(CN1CC2CCCCN2CC1C)[B-](F)(F)F.[K+]. The molecule has 104 valence electrons. The van der Waals surface area contributed by atoms with Crippen molar-refractivity contribution in [2.45, 2.75) is 38.3 Å². The van der Waals surface area contributed by atoms with Gasteiger partial charge >= 0.3 is 58.4 Å². The zero-order valence-electron chi connectivity index (χ0n) is 11.9. The molecule has 2 aliphatic heterocycles. The maximum absolute atomic E-state index is 12.6. The maximum Gasteiger partial charge on any atom is 1.00 e. The molecule has 2 unspecified atom stereocenters.